The molecule has 0 rings (SSSR count). The summed E-state index contributed by atoms with van der Waals surface area (Å²) in [6, 6.07) is 2.31. The Bertz CT molecular complexity index is 181. The molecule has 0 saturated heterocycles. The predicted octanol–water partition coefficient (Wildman–Crippen LogP) is 0.901. The maximum Gasteiger partial charge on any atom is 0.109 e. The Hall–Kier alpha value is -0.720. The lowest BCUT2D eigenvalue weighted by molar-refractivity contribution is 0.150. The van der Waals surface area contributed by atoms with Crippen molar-refractivity contribution in [3.05, 3.63) is 0 Å². The lowest BCUT2D eigenvalue weighted by Crippen LogP contribution is -2.25. The molecule has 82 valence electrons. The first-order valence-electron chi connectivity index (χ1n) is 5.11. The van der Waals surface area contributed by atoms with Gasteiger partial charge < -0.3 is 15.4 Å². The number of nitrogens with two attached hydrogens (primary N) is 1. The third-order valence-electron chi connectivity index (χ3n) is 1.78. The van der Waals surface area contributed by atoms with E-state index in [1.807, 2.05) is 0 Å². The molecule has 14 heavy (non-hydrogen) atoms. The molecule has 3 nitrogen and oxygen atoms in total. The summed E-state index contributed by atoms with van der Waals surface area (Å²) in [4.78, 5) is 2.32. The van der Waals surface area contributed by atoms with Crippen LogP contribution in [0.5, 0.6) is 0 Å². The molecule has 3 heteroatoms. The van der Waals surface area contributed by atoms with E-state index in [-0.39, 0.29) is 0 Å². The fraction of sp³-hybridized carbons (Fsp3) is 0.818. The molecule has 0 heterocycles. The van der Waals surface area contributed by atoms with Crippen LogP contribution in [0.1, 0.15) is 20.3 Å². The minimum Gasteiger partial charge on any atom is -0.369 e. The molecular formula is C11H22N2O. The van der Waals surface area contributed by atoms with Crippen molar-refractivity contribution in [2.45, 2.75) is 20.3 Å². The fourth-order valence-electron chi connectivity index (χ4n) is 1.32. The molecule has 0 aliphatic carbocycles. The second-order valence-electron chi connectivity index (χ2n) is 3.88. The van der Waals surface area contributed by atoms with Crippen molar-refractivity contribution in [2.24, 2.45) is 11.7 Å². The Morgan fingerprint density at radius 3 is 2.71 bits per heavy atom. The Morgan fingerprint density at radius 2 is 2.14 bits per heavy atom. The van der Waals surface area contributed by atoms with Crippen LogP contribution in [0.4, 0.5) is 0 Å². The van der Waals surface area contributed by atoms with Crippen LogP contribution in [0, 0.1) is 17.9 Å². The largest absolute Gasteiger partial charge is 0.369 e. The van der Waals surface area contributed by atoms with E-state index in [9.17, 15) is 0 Å². The zero-order valence-electron chi connectivity index (χ0n) is 9.55. The zero-order valence-corrected chi connectivity index (χ0v) is 9.55. The van der Waals surface area contributed by atoms with E-state index in [0.29, 0.717) is 6.61 Å². The Balaban J connectivity index is 3.21. The molecule has 0 spiro atoms. The molecule has 2 N–H and O–H groups in total. The molecular weight excluding hydrogens is 176 g/mol. The van der Waals surface area contributed by atoms with Crippen LogP contribution in [0.25, 0.3) is 0 Å². The van der Waals surface area contributed by atoms with E-state index >= 15 is 0 Å². The summed E-state index contributed by atoms with van der Waals surface area (Å²) in [5, 5.41) is 0. The summed E-state index contributed by atoms with van der Waals surface area (Å²) in [6.07, 6.45) is 1.05. The quantitative estimate of drug-likeness (QED) is 0.375. The molecule has 0 atom stereocenters. The summed E-state index contributed by atoms with van der Waals surface area (Å²) in [5.41, 5.74) is 5.00. The topological polar surface area (TPSA) is 38.5 Å². The van der Waals surface area contributed by atoms with Crippen molar-refractivity contribution < 1.29 is 4.74 Å². The normalized spacial score (nSPS) is 10.4. The van der Waals surface area contributed by atoms with Gasteiger partial charge in [-0.3, -0.25) is 0 Å². The van der Waals surface area contributed by atoms with Crippen LogP contribution in [0.15, 0.2) is 0 Å². The predicted molar refractivity (Wildman–Crippen MR) is 59.7 cm³/mol. The Kier molecular flexibility index (Phi) is 8.40. The van der Waals surface area contributed by atoms with Gasteiger partial charge in [0, 0.05) is 25.7 Å². The van der Waals surface area contributed by atoms with Crippen LogP contribution in [-0.2, 0) is 4.74 Å². The molecule has 0 aromatic heterocycles. The van der Waals surface area contributed by atoms with Gasteiger partial charge in [-0.1, -0.05) is 19.8 Å². The summed E-state index contributed by atoms with van der Waals surface area (Å²) in [7, 11) is 2.14. The van der Waals surface area contributed by atoms with Gasteiger partial charge in [0.1, 0.15) is 6.61 Å². The van der Waals surface area contributed by atoms with E-state index in [1.165, 1.54) is 0 Å². The van der Waals surface area contributed by atoms with Crippen molar-refractivity contribution in [1.82, 2.24) is 4.90 Å². The van der Waals surface area contributed by atoms with Gasteiger partial charge in [0.2, 0.25) is 0 Å². The van der Waals surface area contributed by atoms with Gasteiger partial charge >= 0.3 is 0 Å². The van der Waals surface area contributed by atoms with E-state index < -0.39 is 0 Å². The minimum absolute atomic E-state index is 0.449. The van der Waals surface area contributed by atoms with Crippen molar-refractivity contribution in [3.63, 3.8) is 0 Å². The molecule has 0 unspecified atom stereocenters. The number of ether oxygens (including phenoxy) is 1. The standard InChI is InChI=1S/C11H22N2O/c1-11(2)10-13(3)7-5-9-14-8-4-6-12/h11H,5,7-10,12H2,1-3H3. The van der Waals surface area contributed by atoms with Crippen LogP contribution >= 0.6 is 0 Å². The highest BCUT2D eigenvalue weighted by Gasteiger charge is 2.00. The molecule has 0 saturated carbocycles. The maximum atomic E-state index is 5.25. The fourth-order valence-corrected chi connectivity index (χ4v) is 1.32. The number of rotatable bonds is 7. The van der Waals surface area contributed by atoms with E-state index in [0.717, 1.165) is 32.0 Å². The number of hydrogen-bond acceptors (Lipinski definition) is 3. The molecule has 0 aromatic carbocycles. The lowest BCUT2D eigenvalue weighted by Gasteiger charge is -2.18. The molecule has 0 radical (unpaired) electrons. The second-order valence-corrected chi connectivity index (χ2v) is 3.88. The minimum atomic E-state index is 0.449. The first-order chi connectivity index (χ1) is 6.66. The summed E-state index contributed by atoms with van der Waals surface area (Å²) in [6.45, 7) is 7.88. The first-order valence-corrected chi connectivity index (χ1v) is 5.11. The van der Waals surface area contributed by atoms with Crippen LogP contribution in [0.3, 0.4) is 0 Å². The SMILES string of the molecule is CC(C)CN(C)CCCOCC#CN. The molecule has 0 bridgehead atoms. The van der Waals surface area contributed by atoms with E-state index in [1.54, 1.807) is 0 Å². The first kappa shape index (κ1) is 13.3. The van der Waals surface area contributed by atoms with Crippen LogP contribution in [0.2, 0.25) is 0 Å². The van der Waals surface area contributed by atoms with Gasteiger partial charge in [-0.05, 0) is 19.4 Å². The Morgan fingerprint density at radius 1 is 1.43 bits per heavy atom. The van der Waals surface area contributed by atoms with Crippen LogP contribution < -0.4 is 5.73 Å². The van der Waals surface area contributed by atoms with Gasteiger partial charge in [-0.2, -0.15) is 0 Å². The number of hydrogen-bond donors (Lipinski definition) is 1. The second kappa shape index (κ2) is 8.86. The van der Waals surface area contributed by atoms with Gasteiger partial charge in [0.05, 0.1) is 0 Å². The van der Waals surface area contributed by atoms with Gasteiger partial charge in [0.25, 0.3) is 0 Å². The maximum absolute atomic E-state index is 5.25. The highest BCUT2D eigenvalue weighted by Crippen LogP contribution is 1.96. The molecule has 0 aliphatic heterocycles. The smallest absolute Gasteiger partial charge is 0.109 e. The summed E-state index contributed by atoms with van der Waals surface area (Å²) >= 11 is 0. The van der Waals surface area contributed by atoms with Gasteiger partial charge in [-0.15, -0.1) is 0 Å². The third kappa shape index (κ3) is 9.37. The molecule has 0 aliphatic rings. The van der Waals surface area contributed by atoms with Crippen molar-refractivity contribution in [3.8, 4) is 12.0 Å². The van der Waals surface area contributed by atoms with E-state index in [2.05, 4.69) is 37.8 Å². The van der Waals surface area contributed by atoms with E-state index in [4.69, 9.17) is 10.5 Å². The summed E-state index contributed by atoms with van der Waals surface area (Å²) in [5.74, 6) is 3.39. The summed E-state index contributed by atoms with van der Waals surface area (Å²) < 4.78 is 5.25. The zero-order chi connectivity index (χ0) is 10.8. The Labute approximate surface area is 87.6 Å². The van der Waals surface area contributed by atoms with Crippen molar-refractivity contribution in [1.29, 1.82) is 0 Å². The third-order valence-corrected chi connectivity index (χ3v) is 1.78. The highest BCUT2D eigenvalue weighted by molar-refractivity contribution is 4.93. The lowest BCUT2D eigenvalue weighted by atomic mass is 10.2. The number of nitrogens with zero attached hydrogens (tertiary/aromatic N) is 1. The van der Waals surface area contributed by atoms with Crippen molar-refractivity contribution >= 4 is 0 Å². The van der Waals surface area contributed by atoms with Gasteiger partial charge in [-0.25, -0.2) is 0 Å². The van der Waals surface area contributed by atoms with Crippen molar-refractivity contribution in [2.75, 3.05) is 33.4 Å². The molecule has 0 aromatic rings. The molecule has 0 amide bonds. The van der Waals surface area contributed by atoms with Gasteiger partial charge in [0.15, 0.2) is 0 Å². The average molecular weight is 198 g/mol. The average Bonchev–Trinajstić information content (AvgIpc) is 2.10. The van der Waals surface area contributed by atoms with Crippen LogP contribution in [-0.4, -0.2) is 38.3 Å². The molecule has 0 fully saturated rings. The highest BCUT2D eigenvalue weighted by atomic mass is 16.5. The monoisotopic (exact) mass is 198 g/mol.